The number of nitrogens with zero attached hydrogens (tertiary/aromatic N) is 1. The second-order valence-electron chi connectivity index (χ2n) is 5.56. The van der Waals surface area contributed by atoms with E-state index in [0.29, 0.717) is 19.0 Å². The van der Waals surface area contributed by atoms with Crippen molar-refractivity contribution in [2.75, 3.05) is 25.4 Å². The summed E-state index contributed by atoms with van der Waals surface area (Å²) in [7, 11) is -3.12. The van der Waals surface area contributed by atoms with Crippen molar-refractivity contribution < 1.29 is 8.42 Å². The summed E-state index contributed by atoms with van der Waals surface area (Å²) in [5.74, 6) is 0.745. The lowest BCUT2D eigenvalue weighted by Gasteiger charge is -2.29. The summed E-state index contributed by atoms with van der Waals surface area (Å²) in [6.45, 7) is 8.44. The molecule has 0 aliphatic carbocycles. The summed E-state index contributed by atoms with van der Waals surface area (Å²) in [4.78, 5) is 0. The molecular formula is C14H30N2O2S. The number of hydrogen-bond donors (Lipinski definition) is 1. The van der Waals surface area contributed by atoms with Gasteiger partial charge >= 0.3 is 0 Å². The first-order valence-corrected chi connectivity index (χ1v) is 9.35. The van der Waals surface area contributed by atoms with Crippen LogP contribution in [0.25, 0.3) is 0 Å². The van der Waals surface area contributed by atoms with Gasteiger partial charge in [-0.1, -0.05) is 40.0 Å². The Hall–Kier alpha value is -0.130. The Morgan fingerprint density at radius 2 is 1.89 bits per heavy atom. The fourth-order valence-electron chi connectivity index (χ4n) is 2.70. The van der Waals surface area contributed by atoms with Crippen molar-refractivity contribution in [2.24, 2.45) is 5.92 Å². The highest BCUT2D eigenvalue weighted by atomic mass is 32.2. The van der Waals surface area contributed by atoms with Crippen molar-refractivity contribution in [2.45, 2.75) is 58.9 Å². The summed E-state index contributed by atoms with van der Waals surface area (Å²) < 4.78 is 26.6. The summed E-state index contributed by atoms with van der Waals surface area (Å²) >= 11 is 0. The lowest BCUT2D eigenvalue weighted by Crippen LogP contribution is -2.45. The Labute approximate surface area is 119 Å². The molecule has 0 aromatic heterocycles. The van der Waals surface area contributed by atoms with Crippen LogP contribution in [0.2, 0.25) is 0 Å². The van der Waals surface area contributed by atoms with Gasteiger partial charge in [0, 0.05) is 19.1 Å². The third kappa shape index (κ3) is 5.40. The zero-order chi connectivity index (χ0) is 14.3. The molecule has 0 saturated carbocycles. The Kier molecular flexibility index (Phi) is 7.32. The van der Waals surface area contributed by atoms with Crippen molar-refractivity contribution in [3.63, 3.8) is 0 Å². The van der Waals surface area contributed by atoms with Crippen LogP contribution >= 0.6 is 0 Å². The normalized spacial score (nSPS) is 21.2. The van der Waals surface area contributed by atoms with Gasteiger partial charge in [0.2, 0.25) is 10.0 Å². The summed E-state index contributed by atoms with van der Waals surface area (Å²) in [6.07, 6.45) is 5.39. The molecule has 0 amide bonds. The van der Waals surface area contributed by atoms with E-state index in [1.165, 1.54) is 6.42 Å². The molecule has 1 aliphatic rings. The van der Waals surface area contributed by atoms with Gasteiger partial charge in [-0.2, -0.15) is 0 Å². The summed E-state index contributed by atoms with van der Waals surface area (Å²) in [5, 5.41) is 3.33. The van der Waals surface area contributed by atoms with Gasteiger partial charge in [0.15, 0.2) is 0 Å². The van der Waals surface area contributed by atoms with E-state index >= 15 is 0 Å². The first-order chi connectivity index (χ1) is 9.03. The molecule has 4 nitrogen and oxygen atoms in total. The van der Waals surface area contributed by atoms with Crippen molar-refractivity contribution >= 4 is 10.0 Å². The average Bonchev–Trinajstić information content (AvgIpc) is 2.40. The number of hydrogen-bond acceptors (Lipinski definition) is 3. The Morgan fingerprint density at radius 3 is 2.37 bits per heavy atom. The highest BCUT2D eigenvalue weighted by Crippen LogP contribution is 2.16. The molecule has 1 unspecified atom stereocenters. The lowest BCUT2D eigenvalue weighted by atomic mass is 10.0. The van der Waals surface area contributed by atoms with E-state index < -0.39 is 10.0 Å². The highest BCUT2D eigenvalue weighted by Gasteiger charge is 2.27. The SMILES string of the molecule is CCC(CC)CN(CC)S(=O)(=O)CC1CCCCN1. The van der Waals surface area contributed by atoms with E-state index in [1.807, 2.05) is 6.92 Å². The molecule has 1 aliphatic heterocycles. The molecule has 1 heterocycles. The van der Waals surface area contributed by atoms with E-state index in [2.05, 4.69) is 19.2 Å². The van der Waals surface area contributed by atoms with Crippen molar-refractivity contribution in [3.05, 3.63) is 0 Å². The summed E-state index contributed by atoms with van der Waals surface area (Å²) in [6, 6.07) is 0.148. The van der Waals surface area contributed by atoms with Crippen LogP contribution in [0.5, 0.6) is 0 Å². The number of piperidine rings is 1. The fraction of sp³-hybridized carbons (Fsp3) is 1.00. The van der Waals surface area contributed by atoms with Crippen molar-refractivity contribution in [3.8, 4) is 0 Å². The zero-order valence-electron chi connectivity index (χ0n) is 12.7. The van der Waals surface area contributed by atoms with Gasteiger partial charge in [0.25, 0.3) is 0 Å². The molecule has 0 spiro atoms. The van der Waals surface area contributed by atoms with Gasteiger partial charge < -0.3 is 5.32 Å². The van der Waals surface area contributed by atoms with Crippen LogP contribution in [-0.2, 0) is 10.0 Å². The monoisotopic (exact) mass is 290 g/mol. The standard InChI is InChI=1S/C14H30N2O2S/c1-4-13(5-2)11-16(6-3)19(17,18)12-14-9-7-8-10-15-14/h13-15H,4-12H2,1-3H3. The van der Waals surface area contributed by atoms with Gasteiger partial charge in [0.1, 0.15) is 0 Å². The molecule has 1 N–H and O–H groups in total. The van der Waals surface area contributed by atoms with Crippen LogP contribution in [0.3, 0.4) is 0 Å². The Balaban J connectivity index is 2.60. The van der Waals surface area contributed by atoms with E-state index in [9.17, 15) is 8.42 Å². The molecule has 1 fully saturated rings. The highest BCUT2D eigenvalue weighted by molar-refractivity contribution is 7.89. The predicted octanol–water partition coefficient (Wildman–Crippen LogP) is 2.22. The number of sulfonamides is 1. The maximum absolute atomic E-state index is 12.5. The molecule has 5 heteroatoms. The van der Waals surface area contributed by atoms with E-state index in [1.54, 1.807) is 4.31 Å². The van der Waals surface area contributed by atoms with Crippen molar-refractivity contribution in [1.82, 2.24) is 9.62 Å². The Bertz CT molecular complexity index is 333. The molecule has 0 radical (unpaired) electrons. The molecule has 0 aromatic carbocycles. The van der Waals surface area contributed by atoms with Crippen LogP contribution < -0.4 is 5.32 Å². The van der Waals surface area contributed by atoms with Gasteiger partial charge in [-0.15, -0.1) is 0 Å². The van der Waals surface area contributed by atoms with Gasteiger partial charge in [0.05, 0.1) is 5.75 Å². The fourth-order valence-corrected chi connectivity index (χ4v) is 4.54. The predicted molar refractivity (Wildman–Crippen MR) is 80.7 cm³/mol. The molecule has 1 rings (SSSR count). The van der Waals surface area contributed by atoms with Crippen LogP contribution in [-0.4, -0.2) is 44.2 Å². The number of rotatable bonds is 8. The minimum Gasteiger partial charge on any atom is -0.313 e. The molecule has 0 aromatic rings. The minimum absolute atomic E-state index is 0.148. The van der Waals surface area contributed by atoms with Gasteiger partial charge in [-0.25, -0.2) is 12.7 Å². The maximum Gasteiger partial charge on any atom is 0.215 e. The first kappa shape index (κ1) is 16.9. The topological polar surface area (TPSA) is 49.4 Å². The van der Waals surface area contributed by atoms with Crippen molar-refractivity contribution in [1.29, 1.82) is 0 Å². The van der Waals surface area contributed by atoms with Crippen LogP contribution in [0, 0.1) is 5.92 Å². The third-order valence-electron chi connectivity index (χ3n) is 4.19. The third-order valence-corrected chi connectivity index (χ3v) is 6.20. The molecular weight excluding hydrogens is 260 g/mol. The minimum atomic E-state index is -3.12. The molecule has 1 atom stereocenters. The van der Waals surface area contributed by atoms with Crippen LogP contribution in [0.1, 0.15) is 52.9 Å². The zero-order valence-corrected chi connectivity index (χ0v) is 13.5. The van der Waals surface area contributed by atoms with Crippen LogP contribution in [0.4, 0.5) is 0 Å². The Morgan fingerprint density at radius 1 is 1.21 bits per heavy atom. The molecule has 19 heavy (non-hydrogen) atoms. The van der Waals surface area contributed by atoms with Crippen LogP contribution in [0.15, 0.2) is 0 Å². The first-order valence-electron chi connectivity index (χ1n) is 7.74. The van der Waals surface area contributed by atoms with E-state index in [0.717, 1.165) is 32.2 Å². The van der Waals surface area contributed by atoms with E-state index in [4.69, 9.17) is 0 Å². The largest absolute Gasteiger partial charge is 0.313 e. The van der Waals surface area contributed by atoms with E-state index in [-0.39, 0.29) is 11.8 Å². The van der Waals surface area contributed by atoms with Gasteiger partial charge in [-0.05, 0) is 25.3 Å². The molecule has 0 bridgehead atoms. The second-order valence-corrected chi connectivity index (χ2v) is 7.57. The summed E-state index contributed by atoms with van der Waals surface area (Å²) in [5.41, 5.74) is 0. The number of nitrogens with one attached hydrogen (secondary N) is 1. The lowest BCUT2D eigenvalue weighted by molar-refractivity contribution is 0.334. The molecule has 114 valence electrons. The smallest absolute Gasteiger partial charge is 0.215 e. The molecule has 1 saturated heterocycles. The average molecular weight is 290 g/mol. The quantitative estimate of drug-likeness (QED) is 0.745. The van der Waals surface area contributed by atoms with Gasteiger partial charge in [-0.3, -0.25) is 0 Å². The maximum atomic E-state index is 12.5. The second kappa shape index (κ2) is 8.22.